The van der Waals surface area contributed by atoms with Gasteiger partial charge >= 0.3 is 0 Å². The summed E-state index contributed by atoms with van der Waals surface area (Å²) >= 11 is 3.61. The number of rotatable bonds is 4. The summed E-state index contributed by atoms with van der Waals surface area (Å²) in [5.41, 5.74) is 2.35. The van der Waals surface area contributed by atoms with Crippen LogP contribution in [0.1, 0.15) is 74.5 Å². The number of halogens is 1. The zero-order valence-corrected chi connectivity index (χ0v) is 17.4. The van der Waals surface area contributed by atoms with E-state index in [2.05, 4.69) is 45.1 Å². The van der Waals surface area contributed by atoms with Crippen molar-refractivity contribution in [3.63, 3.8) is 0 Å². The second-order valence-corrected chi connectivity index (χ2v) is 10.0. The highest BCUT2D eigenvalue weighted by Gasteiger charge is 2.54. The minimum atomic E-state index is 0.162. The predicted molar refractivity (Wildman–Crippen MR) is 102 cm³/mol. The van der Waals surface area contributed by atoms with Gasteiger partial charge in [0.05, 0.1) is 22.6 Å². The lowest BCUT2D eigenvalue weighted by Crippen LogP contribution is -2.48. The molecule has 2 aromatic heterocycles. The van der Waals surface area contributed by atoms with Crippen molar-refractivity contribution < 1.29 is 4.42 Å². The van der Waals surface area contributed by atoms with Gasteiger partial charge in [0, 0.05) is 11.1 Å². The van der Waals surface area contributed by atoms with E-state index < -0.39 is 0 Å². The van der Waals surface area contributed by atoms with Crippen molar-refractivity contribution in [3.8, 4) is 0 Å². The summed E-state index contributed by atoms with van der Waals surface area (Å²) < 4.78 is 9.43. The molecule has 2 aromatic rings. The molecule has 1 unspecified atom stereocenters. The van der Waals surface area contributed by atoms with E-state index >= 15 is 0 Å². The molecule has 0 spiro atoms. The van der Waals surface area contributed by atoms with E-state index in [4.69, 9.17) is 4.42 Å². The molecule has 26 heavy (non-hydrogen) atoms. The number of hydrogen-bond acceptors (Lipinski definition) is 4. The molecular formula is C20H27BrN4O. The van der Waals surface area contributed by atoms with E-state index in [1.807, 2.05) is 11.6 Å². The fraction of sp³-hybridized carbons (Fsp3) is 0.750. The molecule has 1 atom stereocenters. The van der Waals surface area contributed by atoms with Gasteiger partial charge < -0.3 is 4.42 Å². The van der Waals surface area contributed by atoms with E-state index in [0.29, 0.717) is 0 Å². The second-order valence-electron chi connectivity index (χ2n) is 9.21. The van der Waals surface area contributed by atoms with Gasteiger partial charge in [-0.2, -0.15) is 5.10 Å². The smallest absolute Gasteiger partial charge is 0.222 e. The van der Waals surface area contributed by atoms with Crippen LogP contribution in [0.2, 0.25) is 0 Å². The van der Waals surface area contributed by atoms with Crippen molar-refractivity contribution in [3.05, 3.63) is 27.6 Å². The first-order valence-electron chi connectivity index (χ1n) is 9.97. The van der Waals surface area contributed by atoms with Crippen LogP contribution < -0.4 is 0 Å². The Kier molecular flexibility index (Phi) is 3.86. The molecule has 0 saturated heterocycles. The summed E-state index contributed by atoms with van der Waals surface area (Å²) in [5, 5.41) is 13.6. The molecule has 4 aliphatic carbocycles. The Hall–Kier alpha value is -1.17. The molecule has 6 heteroatoms. The molecule has 4 saturated carbocycles. The van der Waals surface area contributed by atoms with Crippen molar-refractivity contribution in [1.82, 2.24) is 20.0 Å². The first-order chi connectivity index (χ1) is 12.4. The van der Waals surface area contributed by atoms with Crippen molar-refractivity contribution in [2.45, 2.75) is 77.2 Å². The molecule has 5 nitrogen and oxygen atoms in total. The van der Waals surface area contributed by atoms with Crippen LogP contribution in [0.4, 0.5) is 0 Å². The summed E-state index contributed by atoms with van der Waals surface area (Å²) in [6.07, 6.45) is 8.09. The third kappa shape index (κ3) is 2.59. The average molecular weight is 419 g/mol. The van der Waals surface area contributed by atoms with Crippen LogP contribution in [-0.4, -0.2) is 20.0 Å². The highest BCUT2D eigenvalue weighted by atomic mass is 79.9. The van der Waals surface area contributed by atoms with Gasteiger partial charge in [0.15, 0.2) is 0 Å². The number of nitrogens with zero attached hydrogens (tertiary/aromatic N) is 4. The summed E-state index contributed by atoms with van der Waals surface area (Å²) in [4.78, 5) is 0. The molecule has 0 aliphatic heterocycles. The largest absolute Gasteiger partial charge is 0.424 e. The molecule has 4 fully saturated rings. The average Bonchev–Trinajstić information content (AvgIpc) is 3.17. The van der Waals surface area contributed by atoms with Crippen molar-refractivity contribution >= 4 is 15.9 Å². The monoisotopic (exact) mass is 418 g/mol. The molecule has 4 aliphatic rings. The standard InChI is InChI=1S/C20H27BrN4O/c1-11(10-25-13(3)17(21)12(2)24-25)18-22-23-19(26-18)20-7-14-4-15(8-20)6-16(5-14)9-20/h11,14-16H,4-10H2,1-3H3. The van der Waals surface area contributed by atoms with Crippen LogP contribution in [0.25, 0.3) is 0 Å². The summed E-state index contributed by atoms with van der Waals surface area (Å²) in [6.45, 7) is 7.03. The fourth-order valence-electron chi connectivity index (χ4n) is 6.21. The lowest BCUT2D eigenvalue weighted by atomic mass is 9.49. The van der Waals surface area contributed by atoms with Crippen LogP contribution >= 0.6 is 15.9 Å². The predicted octanol–water partition coefficient (Wildman–Crippen LogP) is 4.92. The van der Waals surface area contributed by atoms with E-state index in [1.54, 1.807) is 0 Å². The van der Waals surface area contributed by atoms with E-state index in [1.165, 1.54) is 38.5 Å². The Balaban J connectivity index is 1.37. The van der Waals surface area contributed by atoms with E-state index in [9.17, 15) is 0 Å². The molecule has 0 N–H and O–H groups in total. The van der Waals surface area contributed by atoms with Crippen molar-refractivity contribution in [2.75, 3.05) is 0 Å². The van der Waals surface area contributed by atoms with E-state index in [-0.39, 0.29) is 11.3 Å². The summed E-state index contributed by atoms with van der Waals surface area (Å²) in [7, 11) is 0. The normalized spacial score (nSPS) is 33.8. The Morgan fingerprint density at radius 1 is 1.12 bits per heavy atom. The van der Waals surface area contributed by atoms with Gasteiger partial charge in [0.1, 0.15) is 0 Å². The van der Waals surface area contributed by atoms with Gasteiger partial charge in [0.2, 0.25) is 11.8 Å². The SMILES string of the molecule is Cc1nn(CC(C)c2nnc(C34CC5CC(CC(C5)C3)C4)o2)c(C)c1Br. The topological polar surface area (TPSA) is 56.7 Å². The lowest BCUT2D eigenvalue weighted by Gasteiger charge is -2.55. The molecule has 2 heterocycles. The maximum Gasteiger partial charge on any atom is 0.222 e. The van der Waals surface area contributed by atoms with Gasteiger partial charge in [-0.25, -0.2) is 0 Å². The maximum absolute atomic E-state index is 6.30. The fourth-order valence-corrected chi connectivity index (χ4v) is 6.49. The number of hydrogen-bond donors (Lipinski definition) is 0. The molecular weight excluding hydrogens is 392 g/mol. The third-order valence-electron chi connectivity index (χ3n) is 7.09. The zero-order chi connectivity index (χ0) is 18.1. The van der Waals surface area contributed by atoms with Gasteiger partial charge in [-0.1, -0.05) is 6.92 Å². The Labute approximate surface area is 163 Å². The first kappa shape index (κ1) is 17.0. The molecule has 140 valence electrons. The van der Waals surface area contributed by atoms with Gasteiger partial charge in [-0.15, -0.1) is 10.2 Å². The maximum atomic E-state index is 6.30. The van der Waals surface area contributed by atoms with Crippen molar-refractivity contribution in [1.29, 1.82) is 0 Å². The summed E-state index contributed by atoms with van der Waals surface area (Å²) in [5.74, 6) is 4.52. The van der Waals surface area contributed by atoms with Gasteiger partial charge in [0.25, 0.3) is 0 Å². The third-order valence-corrected chi connectivity index (χ3v) is 8.24. The van der Waals surface area contributed by atoms with Crippen LogP contribution in [0.15, 0.2) is 8.89 Å². The van der Waals surface area contributed by atoms with Gasteiger partial charge in [-0.05, 0) is 86.1 Å². The van der Waals surface area contributed by atoms with Gasteiger partial charge in [-0.3, -0.25) is 4.68 Å². The number of aromatic nitrogens is 4. The van der Waals surface area contributed by atoms with Crippen LogP contribution in [0.5, 0.6) is 0 Å². The first-order valence-corrected chi connectivity index (χ1v) is 10.8. The van der Waals surface area contributed by atoms with Crippen LogP contribution in [-0.2, 0) is 12.0 Å². The molecule has 4 bridgehead atoms. The Bertz CT molecular complexity index is 804. The van der Waals surface area contributed by atoms with Crippen molar-refractivity contribution in [2.24, 2.45) is 17.8 Å². The highest BCUT2D eigenvalue weighted by Crippen LogP contribution is 2.60. The Morgan fingerprint density at radius 3 is 2.27 bits per heavy atom. The lowest BCUT2D eigenvalue weighted by molar-refractivity contribution is -0.0184. The van der Waals surface area contributed by atoms with Crippen LogP contribution in [0, 0.1) is 31.6 Å². The molecule has 0 amide bonds. The number of aryl methyl sites for hydroxylation is 1. The minimum absolute atomic E-state index is 0.162. The molecule has 0 radical (unpaired) electrons. The zero-order valence-electron chi connectivity index (χ0n) is 15.8. The minimum Gasteiger partial charge on any atom is -0.424 e. The Morgan fingerprint density at radius 2 is 1.73 bits per heavy atom. The molecule has 6 rings (SSSR count). The molecule has 0 aromatic carbocycles. The highest BCUT2D eigenvalue weighted by molar-refractivity contribution is 9.10. The van der Waals surface area contributed by atoms with E-state index in [0.717, 1.165) is 51.9 Å². The van der Waals surface area contributed by atoms with Crippen LogP contribution in [0.3, 0.4) is 0 Å². The second kappa shape index (κ2) is 5.91. The summed E-state index contributed by atoms with van der Waals surface area (Å²) in [6, 6.07) is 0. The quantitative estimate of drug-likeness (QED) is 0.706.